The Labute approximate surface area is 88.1 Å². The molecule has 1 rings (SSSR count). The van der Waals surface area contributed by atoms with Gasteiger partial charge in [0, 0.05) is 9.47 Å². The van der Waals surface area contributed by atoms with Crippen molar-refractivity contribution in [2.24, 2.45) is 0 Å². The van der Waals surface area contributed by atoms with E-state index in [1.54, 1.807) is 0 Å². The molecule has 0 aromatic rings. The molecular formula is C5H11FO5P2S. The number of ether oxygens (including phenoxy) is 1. The van der Waals surface area contributed by atoms with E-state index >= 15 is 0 Å². The lowest BCUT2D eigenvalue weighted by molar-refractivity contribution is 0.0208. The van der Waals surface area contributed by atoms with Gasteiger partial charge in [-0.25, -0.2) is 4.39 Å². The second-order valence-electron chi connectivity index (χ2n) is 2.77. The highest BCUT2D eigenvalue weighted by molar-refractivity contribution is 8.06. The lowest BCUT2D eigenvalue weighted by Crippen LogP contribution is -2.31. The molecule has 9 heteroatoms. The van der Waals surface area contributed by atoms with Crippen LogP contribution in [-0.2, 0) is 25.6 Å². The first-order valence-corrected chi connectivity index (χ1v) is 6.85. The molecule has 2 N–H and O–H groups in total. The van der Waals surface area contributed by atoms with E-state index < -0.39 is 25.1 Å². The van der Waals surface area contributed by atoms with Gasteiger partial charge in [-0.2, -0.15) is 0 Å². The Hall–Kier alpha value is 0.810. The fourth-order valence-corrected chi connectivity index (χ4v) is 1.99. The Morgan fingerprint density at radius 3 is 2.79 bits per heavy atom. The van der Waals surface area contributed by atoms with Crippen LogP contribution in [0.3, 0.4) is 0 Å². The lowest BCUT2D eigenvalue weighted by atomic mass is 10.2. The predicted octanol–water partition coefficient (Wildman–Crippen LogP) is 0.124. The van der Waals surface area contributed by atoms with Gasteiger partial charge in [0.05, 0.1) is 13.2 Å². The van der Waals surface area contributed by atoms with Crippen LogP contribution in [0.15, 0.2) is 0 Å². The SMILES string of the molecule is OP(O)(=S)OC[C@H]1OC[C@@H](F)[C@@H]1OP. The molecule has 0 bridgehead atoms. The summed E-state index contributed by atoms with van der Waals surface area (Å²) >= 11 is 4.23. The number of hydrogen-bond acceptors (Lipinski definition) is 4. The molecule has 1 aliphatic rings. The summed E-state index contributed by atoms with van der Waals surface area (Å²) in [5.41, 5.74) is 0. The number of halogens is 1. The number of alkyl halides is 1. The van der Waals surface area contributed by atoms with Crippen molar-refractivity contribution >= 4 is 28.0 Å². The van der Waals surface area contributed by atoms with Crippen molar-refractivity contribution in [3.8, 4) is 0 Å². The summed E-state index contributed by atoms with van der Waals surface area (Å²) < 4.78 is 27.3. The molecule has 14 heavy (non-hydrogen) atoms. The van der Waals surface area contributed by atoms with Crippen LogP contribution in [0, 0.1) is 0 Å². The molecule has 1 saturated heterocycles. The Bertz CT molecular complexity index is 236. The number of hydrogen-bond donors (Lipinski definition) is 2. The third-order valence-electron chi connectivity index (χ3n) is 1.76. The molecule has 84 valence electrons. The van der Waals surface area contributed by atoms with E-state index in [4.69, 9.17) is 19.0 Å². The minimum atomic E-state index is -3.71. The second-order valence-corrected chi connectivity index (χ2v) is 5.71. The van der Waals surface area contributed by atoms with Crippen LogP contribution in [0.1, 0.15) is 0 Å². The first-order valence-electron chi connectivity index (χ1n) is 3.75. The third kappa shape index (κ3) is 3.76. The Morgan fingerprint density at radius 1 is 1.64 bits per heavy atom. The highest BCUT2D eigenvalue weighted by Crippen LogP contribution is 2.37. The fraction of sp³-hybridized carbons (Fsp3) is 1.00. The quantitative estimate of drug-likeness (QED) is 0.703. The topological polar surface area (TPSA) is 68.2 Å². The van der Waals surface area contributed by atoms with Crippen molar-refractivity contribution in [3.05, 3.63) is 0 Å². The van der Waals surface area contributed by atoms with Crippen molar-refractivity contribution < 1.29 is 28.0 Å². The molecule has 1 fully saturated rings. The highest BCUT2D eigenvalue weighted by Gasteiger charge is 2.38. The van der Waals surface area contributed by atoms with Crippen LogP contribution in [0.2, 0.25) is 0 Å². The van der Waals surface area contributed by atoms with Gasteiger partial charge in [-0.3, -0.25) is 0 Å². The number of rotatable bonds is 4. The highest BCUT2D eigenvalue weighted by atomic mass is 32.5. The molecule has 0 aliphatic carbocycles. The summed E-state index contributed by atoms with van der Waals surface area (Å²) in [7, 11) is 1.93. The summed E-state index contributed by atoms with van der Waals surface area (Å²) in [5.74, 6) is 0. The molecule has 1 heterocycles. The molecule has 5 nitrogen and oxygen atoms in total. The van der Waals surface area contributed by atoms with Gasteiger partial charge in [-0.05, 0) is 11.8 Å². The smallest absolute Gasteiger partial charge is 0.321 e. The third-order valence-corrected chi connectivity index (χ3v) is 2.87. The Balaban J connectivity index is 2.41. The molecule has 1 unspecified atom stereocenters. The van der Waals surface area contributed by atoms with Gasteiger partial charge in [0.25, 0.3) is 0 Å². The van der Waals surface area contributed by atoms with E-state index in [1.165, 1.54) is 0 Å². The fourth-order valence-electron chi connectivity index (χ4n) is 1.12. The summed E-state index contributed by atoms with van der Waals surface area (Å²) in [5, 5.41) is 0. The minimum absolute atomic E-state index is 0.0905. The molecule has 0 aromatic heterocycles. The summed E-state index contributed by atoms with van der Waals surface area (Å²) in [6, 6.07) is 0. The van der Waals surface area contributed by atoms with E-state index in [2.05, 4.69) is 16.3 Å². The largest absolute Gasteiger partial charge is 0.370 e. The van der Waals surface area contributed by atoms with Crippen molar-refractivity contribution in [1.29, 1.82) is 0 Å². The standard InChI is InChI=1S/C5H11FO5P2S/c6-3-1-9-4(5(3)11-12)2-10-13(7,8)14/h3-5H,1-2,12H2,(H2,7,8,14)/t3-,4-,5+/m1/s1. The van der Waals surface area contributed by atoms with Gasteiger partial charge in [0.1, 0.15) is 12.2 Å². The van der Waals surface area contributed by atoms with Crippen LogP contribution >= 0.6 is 16.2 Å². The summed E-state index contributed by atoms with van der Waals surface area (Å²) in [6.07, 6.45) is -2.68. The van der Waals surface area contributed by atoms with Crippen LogP contribution in [0.25, 0.3) is 0 Å². The molecule has 4 atom stereocenters. The monoisotopic (exact) mass is 264 g/mol. The van der Waals surface area contributed by atoms with E-state index in [0.29, 0.717) is 0 Å². The maximum atomic E-state index is 13.0. The van der Waals surface area contributed by atoms with E-state index in [0.717, 1.165) is 0 Å². The average Bonchev–Trinajstić information content (AvgIpc) is 2.41. The molecule has 1 aliphatic heterocycles. The summed E-state index contributed by atoms with van der Waals surface area (Å²) in [4.78, 5) is 17.5. The van der Waals surface area contributed by atoms with E-state index in [-0.39, 0.29) is 13.2 Å². The van der Waals surface area contributed by atoms with Gasteiger partial charge >= 0.3 is 6.72 Å². The second kappa shape index (κ2) is 5.23. The normalized spacial score (nSPS) is 33.6. The van der Waals surface area contributed by atoms with Crippen LogP contribution in [0.4, 0.5) is 4.39 Å². The van der Waals surface area contributed by atoms with Gasteiger partial charge in [-0.1, -0.05) is 0 Å². The first-order chi connectivity index (χ1) is 6.44. The molecule has 0 aromatic carbocycles. The van der Waals surface area contributed by atoms with Crippen LogP contribution in [0.5, 0.6) is 0 Å². The maximum absolute atomic E-state index is 13.0. The van der Waals surface area contributed by atoms with Crippen molar-refractivity contribution in [3.63, 3.8) is 0 Å². The van der Waals surface area contributed by atoms with Gasteiger partial charge < -0.3 is 23.6 Å². The molecular weight excluding hydrogens is 253 g/mol. The maximum Gasteiger partial charge on any atom is 0.321 e. The van der Waals surface area contributed by atoms with Gasteiger partial charge in [-0.15, -0.1) is 0 Å². The molecule has 0 radical (unpaired) electrons. The van der Waals surface area contributed by atoms with Crippen molar-refractivity contribution in [2.75, 3.05) is 13.2 Å². The summed E-state index contributed by atoms with van der Waals surface area (Å²) in [6.45, 7) is -3.99. The molecule has 0 spiro atoms. The Morgan fingerprint density at radius 2 is 2.29 bits per heavy atom. The van der Waals surface area contributed by atoms with Gasteiger partial charge in [0.2, 0.25) is 0 Å². The van der Waals surface area contributed by atoms with Crippen LogP contribution < -0.4 is 0 Å². The zero-order chi connectivity index (χ0) is 10.8. The van der Waals surface area contributed by atoms with Crippen LogP contribution in [-0.4, -0.2) is 41.4 Å². The lowest BCUT2D eigenvalue weighted by Gasteiger charge is -2.18. The average molecular weight is 264 g/mol. The predicted molar refractivity (Wildman–Crippen MR) is 53.9 cm³/mol. The van der Waals surface area contributed by atoms with E-state index in [9.17, 15) is 4.39 Å². The van der Waals surface area contributed by atoms with Gasteiger partial charge in [0.15, 0.2) is 6.17 Å². The molecule has 0 saturated carbocycles. The molecule has 0 amide bonds. The minimum Gasteiger partial charge on any atom is -0.370 e. The zero-order valence-electron chi connectivity index (χ0n) is 7.08. The van der Waals surface area contributed by atoms with Crippen molar-refractivity contribution in [2.45, 2.75) is 18.4 Å². The Kier molecular flexibility index (Phi) is 4.81. The van der Waals surface area contributed by atoms with Crippen molar-refractivity contribution in [1.82, 2.24) is 0 Å². The first kappa shape index (κ1) is 12.9. The zero-order valence-corrected chi connectivity index (χ0v) is 9.94. The van der Waals surface area contributed by atoms with E-state index in [1.807, 2.05) is 9.47 Å².